The van der Waals surface area contributed by atoms with Crippen molar-refractivity contribution in [2.45, 2.75) is 25.1 Å². The van der Waals surface area contributed by atoms with E-state index in [1.807, 2.05) is 0 Å². The molecule has 0 saturated carbocycles. The highest BCUT2D eigenvalue weighted by Gasteiger charge is 2.30. The number of hydrogen-bond donors (Lipinski definition) is 3. The standard InChI is InChI=1S/C21H21ClF3N3O4/c22-17-7-6-14(28-8-2-5-19(28)30)10-18(17)27-20(31)26-11-15(29)12-32-16-4-1-3-13(9-16)21(23,24)25/h1,3-4,6-7,9-10,15,29H,2,5,8,11-12H2,(H2,26,27,31). The number of carbonyl (C=O) groups excluding carboxylic acids is 2. The number of ether oxygens (including phenoxy) is 1. The van der Waals surface area contributed by atoms with E-state index in [2.05, 4.69) is 10.6 Å². The molecule has 0 aliphatic carbocycles. The third-order valence-electron chi connectivity index (χ3n) is 4.69. The van der Waals surface area contributed by atoms with Gasteiger partial charge in [0.1, 0.15) is 18.5 Å². The van der Waals surface area contributed by atoms with Crippen LogP contribution < -0.4 is 20.3 Å². The monoisotopic (exact) mass is 471 g/mol. The molecule has 11 heteroatoms. The van der Waals surface area contributed by atoms with Gasteiger partial charge in [-0.05, 0) is 42.8 Å². The summed E-state index contributed by atoms with van der Waals surface area (Å²) < 4.78 is 43.4. The van der Waals surface area contributed by atoms with Crippen molar-refractivity contribution in [2.24, 2.45) is 0 Å². The Hall–Kier alpha value is -2.98. The minimum atomic E-state index is -4.50. The van der Waals surface area contributed by atoms with Crippen LogP contribution in [0.5, 0.6) is 5.75 Å². The first-order valence-corrected chi connectivity index (χ1v) is 10.1. The van der Waals surface area contributed by atoms with Gasteiger partial charge in [0.15, 0.2) is 0 Å². The summed E-state index contributed by atoms with van der Waals surface area (Å²) in [6.45, 7) is 0.0474. The van der Waals surface area contributed by atoms with Crippen LogP contribution in [0.4, 0.5) is 29.3 Å². The average Bonchev–Trinajstić information content (AvgIpc) is 3.18. The van der Waals surface area contributed by atoms with Gasteiger partial charge in [0.25, 0.3) is 0 Å². The number of urea groups is 1. The summed E-state index contributed by atoms with van der Waals surface area (Å²) in [5.41, 5.74) is 0.0366. The molecule has 7 nitrogen and oxygen atoms in total. The highest BCUT2D eigenvalue weighted by atomic mass is 35.5. The topological polar surface area (TPSA) is 90.9 Å². The number of aliphatic hydroxyl groups excluding tert-OH is 1. The van der Waals surface area contributed by atoms with E-state index in [4.69, 9.17) is 16.3 Å². The highest BCUT2D eigenvalue weighted by Crippen LogP contribution is 2.31. The predicted octanol–water partition coefficient (Wildman–Crippen LogP) is 4.05. The molecule has 0 bridgehead atoms. The van der Waals surface area contributed by atoms with Gasteiger partial charge in [0, 0.05) is 25.2 Å². The normalized spacial score (nSPS) is 14.9. The SMILES string of the molecule is O=C(NCC(O)COc1cccc(C(F)(F)F)c1)Nc1cc(N2CCCC2=O)ccc1Cl. The summed E-state index contributed by atoms with van der Waals surface area (Å²) >= 11 is 6.11. The Labute approximate surface area is 187 Å². The number of hydrogen-bond acceptors (Lipinski definition) is 4. The molecule has 0 radical (unpaired) electrons. The Morgan fingerprint density at radius 2 is 2.03 bits per heavy atom. The third-order valence-corrected chi connectivity index (χ3v) is 5.01. The second-order valence-electron chi connectivity index (χ2n) is 7.14. The number of alkyl halides is 3. The van der Waals surface area contributed by atoms with Gasteiger partial charge in [-0.1, -0.05) is 17.7 Å². The minimum absolute atomic E-state index is 0.00776. The highest BCUT2D eigenvalue weighted by molar-refractivity contribution is 6.33. The predicted molar refractivity (Wildman–Crippen MR) is 113 cm³/mol. The van der Waals surface area contributed by atoms with E-state index in [0.717, 1.165) is 18.6 Å². The zero-order valence-electron chi connectivity index (χ0n) is 16.8. The number of carbonyl (C=O) groups is 2. The average molecular weight is 472 g/mol. The van der Waals surface area contributed by atoms with Crippen LogP contribution in [0.25, 0.3) is 0 Å². The lowest BCUT2D eigenvalue weighted by Crippen LogP contribution is -2.37. The number of nitrogens with one attached hydrogen (secondary N) is 2. The fraction of sp³-hybridized carbons (Fsp3) is 0.333. The molecular weight excluding hydrogens is 451 g/mol. The molecule has 0 spiro atoms. The van der Waals surface area contributed by atoms with Crippen LogP contribution in [0.15, 0.2) is 42.5 Å². The van der Waals surface area contributed by atoms with Crippen LogP contribution in [0, 0.1) is 0 Å². The van der Waals surface area contributed by atoms with Gasteiger partial charge in [-0.15, -0.1) is 0 Å². The van der Waals surface area contributed by atoms with E-state index >= 15 is 0 Å². The molecule has 1 heterocycles. The first-order chi connectivity index (χ1) is 15.1. The van der Waals surface area contributed by atoms with Gasteiger partial charge in [0.05, 0.1) is 16.3 Å². The first kappa shape index (κ1) is 23.7. The number of halogens is 4. The summed E-state index contributed by atoms with van der Waals surface area (Å²) in [4.78, 5) is 25.7. The molecule has 1 atom stereocenters. The van der Waals surface area contributed by atoms with E-state index in [9.17, 15) is 27.9 Å². The third kappa shape index (κ3) is 6.27. The smallest absolute Gasteiger partial charge is 0.416 e. The molecule has 1 aliphatic heterocycles. The quantitative estimate of drug-likeness (QED) is 0.568. The summed E-state index contributed by atoms with van der Waals surface area (Å²) in [6, 6.07) is 8.45. The molecule has 1 aliphatic rings. The van der Waals surface area contributed by atoms with Crippen molar-refractivity contribution in [1.82, 2.24) is 5.32 Å². The molecule has 1 unspecified atom stereocenters. The zero-order chi connectivity index (χ0) is 23.3. The molecular formula is C21H21ClF3N3O4. The van der Waals surface area contributed by atoms with Gasteiger partial charge in [0.2, 0.25) is 5.91 Å². The van der Waals surface area contributed by atoms with Gasteiger partial charge in [-0.25, -0.2) is 4.79 Å². The summed E-state index contributed by atoms with van der Waals surface area (Å²) in [7, 11) is 0. The van der Waals surface area contributed by atoms with Crippen molar-refractivity contribution in [3.8, 4) is 5.75 Å². The van der Waals surface area contributed by atoms with Crippen molar-refractivity contribution in [3.63, 3.8) is 0 Å². The number of anilines is 2. The molecule has 1 saturated heterocycles. The Balaban J connectivity index is 1.49. The lowest BCUT2D eigenvalue weighted by atomic mass is 10.2. The molecule has 3 rings (SSSR count). The second kappa shape index (κ2) is 10.1. The van der Waals surface area contributed by atoms with Crippen LogP contribution in [0.1, 0.15) is 18.4 Å². The fourth-order valence-corrected chi connectivity index (χ4v) is 3.25. The maximum Gasteiger partial charge on any atom is 0.416 e. The minimum Gasteiger partial charge on any atom is -0.491 e. The lowest BCUT2D eigenvalue weighted by molar-refractivity contribution is -0.137. The fourth-order valence-electron chi connectivity index (χ4n) is 3.09. The molecule has 3 N–H and O–H groups in total. The molecule has 1 fully saturated rings. The van der Waals surface area contributed by atoms with Gasteiger partial charge < -0.3 is 25.4 Å². The van der Waals surface area contributed by atoms with Crippen molar-refractivity contribution >= 4 is 34.9 Å². The molecule has 32 heavy (non-hydrogen) atoms. The number of benzene rings is 2. The maximum absolute atomic E-state index is 12.7. The maximum atomic E-state index is 12.7. The molecule has 2 aromatic carbocycles. The first-order valence-electron chi connectivity index (χ1n) is 9.76. The Kier molecular flexibility index (Phi) is 7.47. The Morgan fingerprint density at radius 1 is 1.25 bits per heavy atom. The Morgan fingerprint density at radius 3 is 2.72 bits per heavy atom. The summed E-state index contributed by atoms with van der Waals surface area (Å²) in [6.07, 6.45) is -4.45. The number of amides is 3. The van der Waals surface area contributed by atoms with Crippen molar-refractivity contribution in [3.05, 3.63) is 53.1 Å². The van der Waals surface area contributed by atoms with E-state index in [-0.39, 0.29) is 35.5 Å². The van der Waals surface area contributed by atoms with Crippen LogP contribution in [0.3, 0.4) is 0 Å². The molecule has 3 amide bonds. The van der Waals surface area contributed by atoms with Gasteiger partial charge in [-0.2, -0.15) is 13.2 Å². The van der Waals surface area contributed by atoms with Crippen molar-refractivity contribution in [1.29, 1.82) is 0 Å². The van der Waals surface area contributed by atoms with Crippen LogP contribution in [-0.2, 0) is 11.0 Å². The van der Waals surface area contributed by atoms with E-state index < -0.39 is 23.9 Å². The number of aliphatic hydroxyl groups is 1. The molecule has 172 valence electrons. The Bertz CT molecular complexity index is 987. The van der Waals surface area contributed by atoms with Crippen molar-refractivity contribution < 1.29 is 32.6 Å². The van der Waals surface area contributed by atoms with Crippen LogP contribution >= 0.6 is 11.6 Å². The summed E-state index contributed by atoms with van der Waals surface area (Å²) in [5, 5.41) is 15.2. The van der Waals surface area contributed by atoms with Gasteiger partial charge >= 0.3 is 12.2 Å². The zero-order valence-corrected chi connectivity index (χ0v) is 17.5. The van der Waals surface area contributed by atoms with Crippen molar-refractivity contribution in [2.75, 3.05) is 29.9 Å². The largest absolute Gasteiger partial charge is 0.491 e. The second-order valence-corrected chi connectivity index (χ2v) is 7.55. The number of nitrogens with zero attached hydrogens (tertiary/aromatic N) is 1. The lowest BCUT2D eigenvalue weighted by Gasteiger charge is -2.18. The molecule has 0 aromatic heterocycles. The van der Waals surface area contributed by atoms with Gasteiger partial charge in [-0.3, -0.25) is 4.79 Å². The van der Waals surface area contributed by atoms with E-state index in [0.29, 0.717) is 18.7 Å². The summed E-state index contributed by atoms with van der Waals surface area (Å²) in [5.74, 6) is -0.0602. The number of rotatable bonds is 7. The molecule has 2 aromatic rings. The van der Waals surface area contributed by atoms with Crippen LogP contribution in [0.2, 0.25) is 5.02 Å². The van der Waals surface area contributed by atoms with Crippen LogP contribution in [-0.4, -0.2) is 42.8 Å². The van der Waals surface area contributed by atoms with E-state index in [1.165, 1.54) is 12.1 Å². The van der Waals surface area contributed by atoms with E-state index in [1.54, 1.807) is 23.1 Å².